The van der Waals surface area contributed by atoms with E-state index < -0.39 is 15.6 Å². The number of amidine groups is 1. The molecule has 256 valence electrons. The van der Waals surface area contributed by atoms with Gasteiger partial charge >= 0.3 is 0 Å². The summed E-state index contributed by atoms with van der Waals surface area (Å²) in [6, 6.07) is 12.4. The second-order valence-electron chi connectivity index (χ2n) is 12.8. The normalized spacial score (nSPS) is 15.6. The van der Waals surface area contributed by atoms with Crippen LogP contribution < -0.4 is 4.72 Å². The number of carbonyl (C=O) groups is 2. The average molecular weight is 684 g/mol. The van der Waals surface area contributed by atoms with E-state index in [4.69, 9.17) is 9.52 Å². The number of hydrogen-bond acceptors (Lipinski definition) is 9. The van der Waals surface area contributed by atoms with Crippen LogP contribution in [0.25, 0.3) is 11.1 Å². The number of sulfonamides is 1. The zero-order valence-corrected chi connectivity index (χ0v) is 29.1. The molecule has 0 unspecified atom stereocenters. The van der Waals surface area contributed by atoms with E-state index in [1.807, 2.05) is 23.1 Å². The van der Waals surface area contributed by atoms with E-state index in [0.29, 0.717) is 34.5 Å². The van der Waals surface area contributed by atoms with E-state index in [0.717, 1.165) is 56.3 Å². The van der Waals surface area contributed by atoms with Crippen molar-refractivity contribution in [2.75, 3.05) is 11.8 Å². The predicted molar refractivity (Wildman–Crippen MR) is 185 cm³/mol. The molecule has 6 rings (SSSR count). The van der Waals surface area contributed by atoms with Crippen molar-refractivity contribution in [1.29, 1.82) is 0 Å². The van der Waals surface area contributed by atoms with Gasteiger partial charge in [-0.15, -0.1) is 0 Å². The monoisotopic (exact) mass is 683 g/mol. The van der Waals surface area contributed by atoms with Crippen molar-refractivity contribution in [3.05, 3.63) is 89.1 Å². The molecule has 13 heteroatoms. The first-order chi connectivity index (χ1) is 23.5. The van der Waals surface area contributed by atoms with Crippen LogP contribution in [-0.2, 0) is 27.9 Å². The zero-order valence-electron chi connectivity index (χ0n) is 28.3. The molecule has 1 aliphatic carbocycles. The van der Waals surface area contributed by atoms with Gasteiger partial charge in [0.2, 0.25) is 5.88 Å². The van der Waals surface area contributed by atoms with Crippen molar-refractivity contribution in [1.82, 2.24) is 24.9 Å². The lowest BCUT2D eigenvalue weighted by Gasteiger charge is -2.24. The van der Waals surface area contributed by atoms with Gasteiger partial charge in [0, 0.05) is 43.5 Å². The third kappa shape index (κ3) is 6.85. The molecule has 1 spiro atoms. The number of carbonyl (C=O) groups excluding carboxylic acids is 2. The molecule has 49 heavy (non-hydrogen) atoms. The lowest BCUT2D eigenvalue weighted by Crippen LogP contribution is -2.40. The number of nitrogens with zero attached hydrogens (tertiary/aromatic N) is 6. The minimum atomic E-state index is -4.12. The molecule has 1 N–H and O–H groups in total. The van der Waals surface area contributed by atoms with Gasteiger partial charge in [-0.25, -0.2) is 18.1 Å². The highest BCUT2D eigenvalue weighted by molar-refractivity contribution is 7.92. The van der Waals surface area contributed by atoms with Crippen LogP contribution >= 0.6 is 0 Å². The second kappa shape index (κ2) is 13.9. The molecule has 1 saturated carbocycles. The van der Waals surface area contributed by atoms with Gasteiger partial charge in [0.15, 0.2) is 0 Å². The quantitative estimate of drug-likeness (QED) is 0.189. The predicted octanol–water partition coefficient (Wildman–Crippen LogP) is 6.07. The summed E-state index contributed by atoms with van der Waals surface area (Å²) >= 11 is 0. The molecule has 0 radical (unpaired) electrons. The third-order valence-corrected chi connectivity index (χ3v) is 10.8. The first-order valence-corrected chi connectivity index (χ1v) is 18.1. The fourth-order valence-electron chi connectivity index (χ4n) is 6.56. The zero-order chi connectivity index (χ0) is 34.8. The number of benzene rings is 2. The standard InChI is InChI=1S/C36H41N7O5S/c1-5-6-13-32-39-36(16-9-10-17-36)35(45)43(32)22-26-14-15-28(27(20-26)23-42(4)34(44)30-21-37-18-19-38-30)29-11-7-8-12-31(29)49(46,47)41-33-24(2)25(3)40-48-33/h7-8,11-12,14-15,18-21,41H,5-6,9-10,13,16-17,22-23H2,1-4H3. The van der Waals surface area contributed by atoms with Crippen LogP contribution in [0.15, 0.2) is 75.5 Å². The number of amides is 2. The molecule has 3 heterocycles. The van der Waals surface area contributed by atoms with E-state index >= 15 is 0 Å². The SMILES string of the molecule is CCCCC1=NC2(CCCC2)C(=O)N1Cc1ccc(-c2ccccc2S(=O)(=O)Nc2onc(C)c2C)c(CN(C)C(=O)c2cnccn2)c1. The smallest absolute Gasteiger partial charge is 0.274 e. The van der Waals surface area contributed by atoms with Crippen molar-refractivity contribution in [2.45, 2.75) is 89.2 Å². The Hall–Kier alpha value is -4.91. The molecular weight excluding hydrogens is 643 g/mol. The summed E-state index contributed by atoms with van der Waals surface area (Å²) in [4.78, 5) is 43.9. The van der Waals surface area contributed by atoms with Gasteiger partial charge in [-0.05, 0) is 55.9 Å². The van der Waals surface area contributed by atoms with Crippen LogP contribution in [0.1, 0.15) is 84.7 Å². The molecule has 2 aliphatic rings. The number of hydrogen-bond donors (Lipinski definition) is 1. The van der Waals surface area contributed by atoms with E-state index in [9.17, 15) is 18.0 Å². The highest BCUT2D eigenvalue weighted by Crippen LogP contribution is 2.40. The molecule has 4 aromatic rings. The fraction of sp³-hybridized carbons (Fsp3) is 0.389. The number of aryl methyl sites for hydroxylation is 1. The fourth-order valence-corrected chi connectivity index (χ4v) is 7.83. The largest absolute Gasteiger partial charge is 0.337 e. The Morgan fingerprint density at radius 3 is 2.55 bits per heavy atom. The maximum absolute atomic E-state index is 13.9. The summed E-state index contributed by atoms with van der Waals surface area (Å²) in [7, 11) is -2.46. The Kier molecular flexibility index (Phi) is 9.64. The second-order valence-corrected chi connectivity index (χ2v) is 14.5. The Labute approximate surface area is 286 Å². The van der Waals surface area contributed by atoms with Crippen LogP contribution in [0.3, 0.4) is 0 Å². The van der Waals surface area contributed by atoms with Crippen LogP contribution in [0.4, 0.5) is 5.88 Å². The lowest BCUT2D eigenvalue weighted by atomic mass is 9.96. The third-order valence-electron chi connectivity index (χ3n) is 9.38. The number of anilines is 1. The summed E-state index contributed by atoms with van der Waals surface area (Å²) in [5, 5.41) is 3.88. The summed E-state index contributed by atoms with van der Waals surface area (Å²) in [6.45, 7) is 6.05. The molecule has 0 saturated heterocycles. The van der Waals surface area contributed by atoms with Crippen LogP contribution in [0.5, 0.6) is 0 Å². The molecule has 2 aromatic carbocycles. The molecule has 0 bridgehead atoms. The summed E-state index contributed by atoms with van der Waals surface area (Å²) in [6.07, 6.45) is 10.5. The number of unbranched alkanes of at least 4 members (excludes halogenated alkanes) is 1. The maximum atomic E-state index is 13.9. The number of nitrogens with one attached hydrogen (secondary N) is 1. The maximum Gasteiger partial charge on any atom is 0.274 e. The van der Waals surface area contributed by atoms with Crippen LogP contribution in [0.2, 0.25) is 0 Å². The van der Waals surface area contributed by atoms with Crippen molar-refractivity contribution in [3.63, 3.8) is 0 Å². The number of aliphatic imine (C=N–C) groups is 1. The van der Waals surface area contributed by atoms with Crippen molar-refractivity contribution < 1.29 is 22.5 Å². The molecule has 1 fully saturated rings. The van der Waals surface area contributed by atoms with Gasteiger partial charge in [-0.3, -0.25) is 24.5 Å². The van der Waals surface area contributed by atoms with Crippen molar-refractivity contribution in [2.24, 2.45) is 4.99 Å². The minimum absolute atomic E-state index is 0.0345. The van der Waals surface area contributed by atoms with Crippen molar-refractivity contribution >= 4 is 33.6 Å². The van der Waals surface area contributed by atoms with Gasteiger partial charge < -0.3 is 9.42 Å². The van der Waals surface area contributed by atoms with E-state index in [2.05, 4.69) is 26.8 Å². The molecule has 2 aromatic heterocycles. The first-order valence-electron chi connectivity index (χ1n) is 16.6. The summed E-state index contributed by atoms with van der Waals surface area (Å²) in [5.74, 6) is 0.593. The van der Waals surface area contributed by atoms with E-state index in [1.54, 1.807) is 39.1 Å². The number of aromatic nitrogens is 3. The first kappa shape index (κ1) is 34.0. The average Bonchev–Trinajstić information content (AvgIpc) is 3.78. The molecule has 1 aliphatic heterocycles. The Balaban J connectivity index is 1.39. The lowest BCUT2D eigenvalue weighted by molar-refractivity contribution is -0.131. The molecule has 12 nitrogen and oxygen atoms in total. The Morgan fingerprint density at radius 2 is 1.86 bits per heavy atom. The van der Waals surface area contributed by atoms with Gasteiger partial charge in [0.05, 0.1) is 23.3 Å². The van der Waals surface area contributed by atoms with E-state index in [1.165, 1.54) is 29.6 Å². The highest BCUT2D eigenvalue weighted by atomic mass is 32.2. The summed E-state index contributed by atoms with van der Waals surface area (Å²) < 4.78 is 35.5. The van der Waals surface area contributed by atoms with Crippen LogP contribution in [0, 0.1) is 13.8 Å². The topological polar surface area (TPSA) is 151 Å². The number of rotatable bonds is 12. The highest BCUT2D eigenvalue weighted by Gasteiger charge is 2.49. The Morgan fingerprint density at radius 1 is 1.08 bits per heavy atom. The van der Waals surface area contributed by atoms with Crippen molar-refractivity contribution in [3.8, 4) is 11.1 Å². The Bertz CT molecular complexity index is 2000. The van der Waals surface area contributed by atoms with Gasteiger partial charge in [-0.1, -0.05) is 67.7 Å². The van der Waals surface area contributed by atoms with Gasteiger partial charge in [0.25, 0.3) is 21.8 Å². The van der Waals surface area contributed by atoms with E-state index in [-0.39, 0.29) is 34.8 Å². The minimum Gasteiger partial charge on any atom is -0.337 e. The van der Waals surface area contributed by atoms with Crippen LogP contribution in [-0.4, -0.2) is 63.6 Å². The van der Waals surface area contributed by atoms with Gasteiger partial charge in [-0.2, -0.15) is 0 Å². The molecule has 2 amide bonds. The summed E-state index contributed by atoms with van der Waals surface area (Å²) in [5.41, 5.74) is 3.31. The molecular formula is C36H41N7O5S. The molecule has 0 atom stereocenters. The van der Waals surface area contributed by atoms with Gasteiger partial charge in [0.1, 0.15) is 17.1 Å².